The summed E-state index contributed by atoms with van der Waals surface area (Å²) in [5.41, 5.74) is 3.00. The zero-order chi connectivity index (χ0) is 31.5. The Balaban J connectivity index is 1.47. The predicted octanol–water partition coefficient (Wildman–Crippen LogP) is 3.06. The number of rotatable bonds is 6. The number of primary amides is 1. The molecular formula is C31H31F3N4O6. The minimum absolute atomic E-state index is 0.0308. The van der Waals surface area contributed by atoms with Gasteiger partial charge < -0.3 is 25.0 Å². The van der Waals surface area contributed by atoms with E-state index in [1.54, 1.807) is 36.1 Å². The average Bonchev–Trinajstić information content (AvgIpc) is 3.14. The third kappa shape index (κ3) is 4.75. The number of ether oxygens (including phenoxy) is 1. The van der Waals surface area contributed by atoms with Crippen molar-refractivity contribution in [2.45, 2.75) is 69.7 Å². The SMILES string of the molecule is CC1[C@H](O)[C@]2(CC[C@H](C)N3C[C@H]2n2cc(C(N)=O)c(=O)c(OCc4ccccc4)c2C3=O)ON1Cc1c(F)cc(F)cc1F. The normalized spacial score (nSPS) is 26.5. The van der Waals surface area contributed by atoms with E-state index < -0.39 is 76.2 Å². The van der Waals surface area contributed by atoms with Crippen molar-refractivity contribution < 1.29 is 37.4 Å². The molecule has 2 amide bonds. The van der Waals surface area contributed by atoms with Gasteiger partial charge in [0.05, 0.1) is 18.6 Å². The summed E-state index contributed by atoms with van der Waals surface area (Å²) in [5, 5.41) is 13.0. The maximum absolute atomic E-state index is 14.6. The molecule has 4 heterocycles. The molecule has 1 spiro atoms. The first kappa shape index (κ1) is 29.9. The standard InChI is InChI=1S/C31H31F3N4O6/c1-16-8-9-31(28(40)17(2)38(44-31)13-20-22(33)10-19(32)11-23(20)34)24-14-36(16)30(42)25-27(43-15-18-6-4-3-5-7-18)26(39)21(29(35)41)12-37(24)25/h3-7,10-12,16-17,24,28,40H,8-9,13-15H2,1-2H3,(H2,35,41)/t16-,17?,24+,28-,31+/m0/s1. The number of pyridine rings is 1. The van der Waals surface area contributed by atoms with Crippen molar-refractivity contribution >= 4 is 11.8 Å². The van der Waals surface area contributed by atoms with Gasteiger partial charge in [0.1, 0.15) is 41.3 Å². The molecule has 3 N–H and O–H groups in total. The van der Waals surface area contributed by atoms with Gasteiger partial charge >= 0.3 is 0 Å². The molecule has 5 atom stereocenters. The summed E-state index contributed by atoms with van der Waals surface area (Å²) in [6, 6.07) is 8.04. The molecule has 2 saturated heterocycles. The lowest BCUT2D eigenvalue weighted by molar-refractivity contribution is -0.232. The van der Waals surface area contributed by atoms with Crippen LogP contribution in [0, 0.1) is 17.5 Å². The van der Waals surface area contributed by atoms with Crippen molar-refractivity contribution in [1.82, 2.24) is 14.5 Å². The van der Waals surface area contributed by atoms with E-state index in [9.17, 15) is 32.7 Å². The summed E-state index contributed by atoms with van der Waals surface area (Å²) in [6.07, 6.45) is 0.519. The van der Waals surface area contributed by atoms with Crippen LogP contribution >= 0.6 is 0 Å². The largest absolute Gasteiger partial charge is 0.483 e. The van der Waals surface area contributed by atoms with Crippen LogP contribution in [-0.4, -0.2) is 61.8 Å². The van der Waals surface area contributed by atoms with Gasteiger partial charge in [0.2, 0.25) is 5.43 Å². The molecule has 44 heavy (non-hydrogen) atoms. The van der Waals surface area contributed by atoms with E-state index in [2.05, 4.69) is 0 Å². The Labute approximate surface area is 250 Å². The Morgan fingerprint density at radius 3 is 2.48 bits per heavy atom. The summed E-state index contributed by atoms with van der Waals surface area (Å²) < 4.78 is 50.2. The van der Waals surface area contributed by atoms with Gasteiger partial charge in [0.25, 0.3) is 11.8 Å². The number of halogens is 3. The van der Waals surface area contributed by atoms with Crippen LogP contribution in [0.15, 0.2) is 53.5 Å². The number of fused-ring (bicyclic) bond motifs is 5. The van der Waals surface area contributed by atoms with E-state index in [0.29, 0.717) is 24.1 Å². The molecule has 0 aliphatic carbocycles. The van der Waals surface area contributed by atoms with E-state index in [-0.39, 0.29) is 37.1 Å². The van der Waals surface area contributed by atoms with E-state index >= 15 is 0 Å². The van der Waals surface area contributed by atoms with Gasteiger partial charge in [-0.1, -0.05) is 30.3 Å². The van der Waals surface area contributed by atoms with Gasteiger partial charge in [0.15, 0.2) is 11.4 Å². The number of aliphatic hydroxyl groups excluding tert-OH is 1. The molecule has 1 aromatic heterocycles. The van der Waals surface area contributed by atoms with E-state index in [1.807, 2.05) is 13.0 Å². The molecule has 3 aliphatic heterocycles. The molecule has 3 aromatic rings. The second kappa shape index (κ2) is 11.1. The molecule has 3 aliphatic rings. The average molecular weight is 613 g/mol. The number of hydroxylamine groups is 2. The van der Waals surface area contributed by atoms with Gasteiger partial charge in [-0.25, -0.2) is 13.2 Å². The Bertz CT molecular complexity index is 1680. The molecule has 2 aromatic carbocycles. The van der Waals surface area contributed by atoms with Crippen LogP contribution in [0.25, 0.3) is 0 Å². The molecule has 2 bridgehead atoms. The van der Waals surface area contributed by atoms with Crippen LogP contribution in [0.3, 0.4) is 0 Å². The quantitative estimate of drug-likeness (QED) is 0.438. The van der Waals surface area contributed by atoms with Crippen molar-refractivity contribution in [2.24, 2.45) is 5.73 Å². The second-order valence-corrected chi connectivity index (χ2v) is 11.6. The Morgan fingerprint density at radius 2 is 1.82 bits per heavy atom. The molecule has 13 heteroatoms. The maximum atomic E-state index is 14.6. The van der Waals surface area contributed by atoms with Crippen LogP contribution in [0.5, 0.6) is 5.75 Å². The number of amides is 2. The van der Waals surface area contributed by atoms with Gasteiger partial charge in [-0.3, -0.25) is 19.2 Å². The first-order valence-electron chi connectivity index (χ1n) is 14.3. The number of carbonyl (C=O) groups excluding carboxylic acids is 2. The number of benzene rings is 2. The highest BCUT2D eigenvalue weighted by Crippen LogP contribution is 2.49. The fourth-order valence-electron chi connectivity index (χ4n) is 6.55. The lowest BCUT2D eigenvalue weighted by atomic mass is 9.81. The molecule has 1 unspecified atom stereocenters. The van der Waals surface area contributed by atoms with Crippen molar-refractivity contribution in [3.8, 4) is 5.75 Å². The summed E-state index contributed by atoms with van der Waals surface area (Å²) in [5.74, 6) is -5.18. The molecule has 232 valence electrons. The first-order valence-corrected chi connectivity index (χ1v) is 14.3. The lowest BCUT2D eigenvalue weighted by Gasteiger charge is -2.44. The first-order chi connectivity index (χ1) is 20.9. The molecule has 0 radical (unpaired) electrons. The van der Waals surface area contributed by atoms with Crippen molar-refractivity contribution in [1.29, 1.82) is 0 Å². The number of aromatic nitrogens is 1. The molecule has 10 nitrogen and oxygen atoms in total. The summed E-state index contributed by atoms with van der Waals surface area (Å²) in [7, 11) is 0. The monoisotopic (exact) mass is 612 g/mol. The Kier molecular flexibility index (Phi) is 7.50. The third-order valence-electron chi connectivity index (χ3n) is 9.02. The van der Waals surface area contributed by atoms with Crippen molar-refractivity contribution in [2.75, 3.05) is 6.54 Å². The van der Waals surface area contributed by atoms with Crippen LogP contribution in [0.4, 0.5) is 13.2 Å². The number of aliphatic hydroxyl groups is 1. The molecule has 0 saturated carbocycles. The molecule has 2 fully saturated rings. The van der Waals surface area contributed by atoms with Gasteiger partial charge in [-0.2, -0.15) is 5.06 Å². The van der Waals surface area contributed by atoms with Gasteiger partial charge in [0, 0.05) is 36.5 Å². The van der Waals surface area contributed by atoms with E-state index in [0.717, 1.165) is 0 Å². The third-order valence-corrected chi connectivity index (χ3v) is 9.02. The van der Waals surface area contributed by atoms with Crippen LogP contribution in [0.1, 0.15) is 64.7 Å². The van der Waals surface area contributed by atoms with Crippen molar-refractivity contribution in [3.05, 3.63) is 98.7 Å². The Hall–Kier alpha value is -4.20. The smallest absolute Gasteiger partial charge is 0.274 e. The minimum atomic E-state index is -1.47. The minimum Gasteiger partial charge on any atom is -0.483 e. The summed E-state index contributed by atoms with van der Waals surface area (Å²) in [6.45, 7) is 2.95. The highest BCUT2D eigenvalue weighted by Gasteiger charge is 2.61. The number of hydrogen-bond donors (Lipinski definition) is 2. The fourth-order valence-corrected chi connectivity index (χ4v) is 6.55. The number of nitrogens with zero attached hydrogens (tertiary/aromatic N) is 3. The maximum Gasteiger partial charge on any atom is 0.274 e. The summed E-state index contributed by atoms with van der Waals surface area (Å²) in [4.78, 5) is 47.9. The number of hydrogen-bond acceptors (Lipinski definition) is 7. The summed E-state index contributed by atoms with van der Waals surface area (Å²) >= 11 is 0. The zero-order valence-electron chi connectivity index (χ0n) is 24.0. The Morgan fingerprint density at radius 1 is 1.14 bits per heavy atom. The number of nitrogens with two attached hydrogens (primary N) is 1. The zero-order valence-corrected chi connectivity index (χ0v) is 24.0. The fraction of sp³-hybridized carbons (Fsp3) is 0.387. The number of carbonyl (C=O) groups is 2. The highest BCUT2D eigenvalue weighted by molar-refractivity contribution is 5.99. The van der Waals surface area contributed by atoms with Gasteiger partial charge in [-0.05, 0) is 32.3 Å². The van der Waals surface area contributed by atoms with E-state index in [4.69, 9.17) is 15.3 Å². The molecular weight excluding hydrogens is 581 g/mol. The predicted molar refractivity (Wildman–Crippen MR) is 150 cm³/mol. The highest BCUT2D eigenvalue weighted by atomic mass is 19.1. The van der Waals surface area contributed by atoms with Crippen LogP contribution < -0.4 is 15.9 Å². The van der Waals surface area contributed by atoms with Gasteiger partial charge in [-0.15, -0.1) is 0 Å². The van der Waals surface area contributed by atoms with Crippen LogP contribution in [-0.2, 0) is 18.0 Å². The van der Waals surface area contributed by atoms with Crippen molar-refractivity contribution in [3.63, 3.8) is 0 Å². The topological polar surface area (TPSA) is 127 Å². The van der Waals surface area contributed by atoms with E-state index in [1.165, 1.54) is 15.8 Å². The lowest BCUT2D eigenvalue weighted by Crippen LogP contribution is -2.56. The molecule has 6 rings (SSSR count). The second-order valence-electron chi connectivity index (χ2n) is 11.6. The van der Waals surface area contributed by atoms with Crippen LogP contribution in [0.2, 0.25) is 0 Å².